The lowest BCUT2D eigenvalue weighted by Gasteiger charge is -2.27. The minimum absolute atomic E-state index is 0.0298. The maximum absolute atomic E-state index is 12.3. The molecule has 20 heavy (non-hydrogen) atoms. The molecule has 2 heterocycles. The van der Waals surface area contributed by atoms with Gasteiger partial charge in [-0.3, -0.25) is 4.79 Å². The van der Waals surface area contributed by atoms with Gasteiger partial charge in [-0.2, -0.15) is 0 Å². The van der Waals surface area contributed by atoms with Crippen LogP contribution in [0.3, 0.4) is 0 Å². The first-order valence-corrected chi connectivity index (χ1v) is 8.92. The third kappa shape index (κ3) is 3.68. The van der Waals surface area contributed by atoms with Crippen molar-refractivity contribution in [1.82, 2.24) is 9.88 Å². The maximum Gasteiger partial charge on any atom is 0.228 e. The second kappa shape index (κ2) is 6.06. The molecule has 1 saturated heterocycles. The average molecular weight is 319 g/mol. The number of amides is 1. The largest absolute Gasteiger partial charge is 0.395 e. The van der Waals surface area contributed by atoms with E-state index in [-0.39, 0.29) is 43.0 Å². The van der Waals surface area contributed by atoms with E-state index in [4.69, 9.17) is 10.8 Å². The average Bonchev–Trinajstić information content (AvgIpc) is 2.92. The first-order valence-electron chi connectivity index (χ1n) is 6.22. The minimum atomic E-state index is -3.07. The van der Waals surface area contributed by atoms with Gasteiger partial charge < -0.3 is 15.7 Å². The highest BCUT2D eigenvalue weighted by Crippen LogP contribution is 2.19. The molecular weight excluding hydrogens is 302 g/mol. The van der Waals surface area contributed by atoms with Gasteiger partial charge in [0.15, 0.2) is 15.0 Å². The number of hydrogen-bond acceptors (Lipinski definition) is 7. The third-order valence-electron chi connectivity index (χ3n) is 3.21. The van der Waals surface area contributed by atoms with Gasteiger partial charge in [-0.1, -0.05) is 0 Å². The highest BCUT2D eigenvalue weighted by molar-refractivity contribution is 7.91. The zero-order valence-electron chi connectivity index (χ0n) is 10.9. The number of aliphatic hydroxyl groups is 1. The Kier molecular flexibility index (Phi) is 4.61. The molecule has 1 aliphatic heterocycles. The van der Waals surface area contributed by atoms with Crippen molar-refractivity contribution in [1.29, 1.82) is 0 Å². The SMILES string of the molecule is Nc1nc(CC(=O)N(CCO)C2CCS(=O)(=O)C2)cs1. The monoisotopic (exact) mass is 319 g/mol. The zero-order valence-corrected chi connectivity index (χ0v) is 12.5. The summed E-state index contributed by atoms with van der Waals surface area (Å²) in [4.78, 5) is 17.7. The molecule has 0 aliphatic carbocycles. The molecule has 0 saturated carbocycles. The Hall–Kier alpha value is -1.19. The van der Waals surface area contributed by atoms with Crippen LogP contribution in [-0.4, -0.2) is 60.0 Å². The molecule has 1 aliphatic rings. The highest BCUT2D eigenvalue weighted by atomic mass is 32.2. The molecule has 0 aromatic carbocycles. The van der Waals surface area contributed by atoms with Crippen molar-refractivity contribution in [2.45, 2.75) is 18.9 Å². The number of aliphatic hydroxyl groups excluding tert-OH is 1. The molecule has 112 valence electrons. The van der Waals surface area contributed by atoms with Crippen LogP contribution in [-0.2, 0) is 21.1 Å². The Morgan fingerprint density at radius 3 is 2.85 bits per heavy atom. The van der Waals surface area contributed by atoms with Gasteiger partial charge in [-0.25, -0.2) is 13.4 Å². The van der Waals surface area contributed by atoms with Crippen LogP contribution in [0.15, 0.2) is 5.38 Å². The fraction of sp³-hybridized carbons (Fsp3) is 0.636. The summed E-state index contributed by atoms with van der Waals surface area (Å²) in [6.45, 7) is -0.0554. The third-order valence-corrected chi connectivity index (χ3v) is 5.69. The van der Waals surface area contributed by atoms with E-state index >= 15 is 0 Å². The van der Waals surface area contributed by atoms with E-state index in [0.717, 1.165) is 0 Å². The summed E-state index contributed by atoms with van der Waals surface area (Å²) in [5.74, 6) is -0.166. The Morgan fingerprint density at radius 2 is 2.35 bits per heavy atom. The molecule has 9 heteroatoms. The number of aromatic nitrogens is 1. The predicted octanol–water partition coefficient (Wildman–Crippen LogP) is -0.724. The zero-order chi connectivity index (χ0) is 14.8. The van der Waals surface area contributed by atoms with Gasteiger partial charge in [0, 0.05) is 18.0 Å². The fourth-order valence-electron chi connectivity index (χ4n) is 2.30. The molecule has 7 nitrogen and oxygen atoms in total. The van der Waals surface area contributed by atoms with E-state index in [0.29, 0.717) is 17.2 Å². The van der Waals surface area contributed by atoms with Crippen molar-refractivity contribution in [3.63, 3.8) is 0 Å². The van der Waals surface area contributed by atoms with Gasteiger partial charge in [-0.05, 0) is 6.42 Å². The van der Waals surface area contributed by atoms with E-state index in [1.807, 2.05) is 0 Å². The smallest absolute Gasteiger partial charge is 0.228 e. The van der Waals surface area contributed by atoms with Gasteiger partial charge in [0.25, 0.3) is 0 Å². The summed E-state index contributed by atoms with van der Waals surface area (Å²) in [6, 6.07) is -0.351. The Bertz CT molecular complexity index is 584. The number of anilines is 1. The molecule has 1 aromatic rings. The number of carbonyl (C=O) groups excluding carboxylic acids is 1. The molecule has 3 N–H and O–H groups in total. The number of rotatable bonds is 5. The Balaban J connectivity index is 2.06. The summed E-state index contributed by atoms with van der Waals surface area (Å²) in [7, 11) is -3.07. The van der Waals surface area contributed by atoms with E-state index in [1.165, 1.54) is 16.2 Å². The highest BCUT2D eigenvalue weighted by Gasteiger charge is 2.34. The van der Waals surface area contributed by atoms with E-state index in [9.17, 15) is 13.2 Å². The van der Waals surface area contributed by atoms with Crippen LogP contribution in [0.2, 0.25) is 0 Å². The second-order valence-corrected chi connectivity index (χ2v) is 7.84. The maximum atomic E-state index is 12.3. The first kappa shape index (κ1) is 15.2. The van der Waals surface area contributed by atoms with Gasteiger partial charge in [0.1, 0.15) is 0 Å². The Morgan fingerprint density at radius 1 is 1.60 bits per heavy atom. The van der Waals surface area contributed by atoms with E-state index in [1.54, 1.807) is 5.38 Å². The summed E-state index contributed by atoms with van der Waals surface area (Å²) >= 11 is 1.25. The van der Waals surface area contributed by atoms with Gasteiger partial charge in [0.05, 0.1) is 30.2 Å². The van der Waals surface area contributed by atoms with Crippen LogP contribution in [0.1, 0.15) is 12.1 Å². The summed E-state index contributed by atoms with van der Waals surface area (Å²) in [5, 5.41) is 11.2. The van der Waals surface area contributed by atoms with Crippen LogP contribution in [0.5, 0.6) is 0 Å². The van der Waals surface area contributed by atoms with Crippen LogP contribution in [0, 0.1) is 0 Å². The van der Waals surface area contributed by atoms with Gasteiger partial charge in [-0.15, -0.1) is 11.3 Å². The topological polar surface area (TPSA) is 114 Å². The molecule has 1 atom stereocenters. The van der Waals surface area contributed by atoms with E-state index < -0.39 is 9.84 Å². The number of carbonyl (C=O) groups is 1. The lowest BCUT2D eigenvalue weighted by atomic mass is 10.2. The number of sulfone groups is 1. The first-order chi connectivity index (χ1) is 9.41. The fourth-order valence-corrected chi connectivity index (χ4v) is 4.59. The van der Waals surface area contributed by atoms with Gasteiger partial charge in [0.2, 0.25) is 5.91 Å². The summed E-state index contributed by atoms with van der Waals surface area (Å²) in [6.07, 6.45) is 0.498. The molecule has 0 bridgehead atoms. The molecule has 1 aromatic heterocycles. The molecule has 1 unspecified atom stereocenters. The number of hydrogen-bond donors (Lipinski definition) is 2. The van der Waals surface area contributed by atoms with Crippen molar-refractivity contribution in [3.05, 3.63) is 11.1 Å². The van der Waals surface area contributed by atoms with Crippen molar-refractivity contribution in [3.8, 4) is 0 Å². The lowest BCUT2D eigenvalue weighted by molar-refractivity contribution is -0.132. The van der Waals surface area contributed by atoms with Crippen LogP contribution in [0.25, 0.3) is 0 Å². The van der Waals surface area contributed by atoms with Crippen LogP contribution in [0.4, 0.5) is 5.13 Å². The number of thiazole rings is 1. The van der Waals surface area contributed by atoms with Gasteiger partial charge >= 0.3 is 0 Å². The summed E-state index contributed by atoms with van der Waals surface area (Å²) < 4.78 is 23.0. The lowest BCUT2D eigenvalue weighted by Crippen LogP contribution is -2.43. The standard InChI is InChI=1S/C11H17N3O4S2/c12-11-13-8(6-19-11)5-10(16)14(2-3-15)9-1-4-20(17,18)7-9/h6,9,15H,1-5,7H2,(H2,12,13). The molecule has 0 spiro atoms. The van der Waals surface area contributed by atoms with Crippen LogP contribution >= 0.6 is 11.3 Å². The minimum Gasteiger partial charge on any atom is -0.395 e. The number of nitrogens with two attached hydrogens (primary N) is 1. The molecule has 0 radical (unpaired) electrons. The second-order valence-electron chi connectivity index (χ2n) is 4.72. The van der Waals surface area contributed by atoms with Crippen molar-refractivity contribution in [2.24, 2.45) is 0 Å². The molecule has 1 fully saturated rings. The van der Waals surface area contributed by atoms with Crippen molar-refractivity contribution >= 4 is 32.2 Å². The van der Waals surface area contributed by atoms with Crippen molar-refractivity contribution < 1.29 is 18.3 Å². The number of nitrogen functional groups attached to an aromatic ring is 1. The molecular formula is C11H17N3O4S2. The van der Waals surface area contributed by atoms with E-state index in [2.05, 4.69) is 4.98 Å². The van der Waals surface area contributed by atoms with Crippen molar-refractivity contribution in [2.75, 3.05) is 30.4 Å². The Labute approximate surface area is 121 Å². The summed E-state index contributed by atoms with van der Waals surface area (Å²) in [5.41, 5.74) is 6.08. The van der Waals surface area contributed by atoms with Crippen LogP contribution < -0.4 is 5.73 Å². The number of nitrogens with zero attached hydrogens (tertiary/aromatic N) is 2. The normalized spacial score (nSPS) is 20.9. The molecule has 1 amide bonds. The molecule has 2 rings (SSSR count). The predicted molar refractivity (Wildman–Crippen MR) is 76.1 cm³/mol. The quantitative estimate of drug-likeness (QED) is 0.740.